The molecule has 2 amide bonds. The molecule has 1 saturated carbocycles. The van der Waals surface area contributed by atoms with Crippen LogP contribution in [0.5, 0.6) is 0 Å². The lowest BCUT2D eigenvalue weighted by Crippen LogP contribution is -2.36. The van der Waals surface area contributed by atoms with E-state index in [9.17, 15) is 24.3 Å². The van der Waals surface area contributed by atoms with E-state index in [0.717, 1.165) is 59.4 Å². The van der Waals surface area contributed by atoms with Gasteiger partial charge in [0, 0.05) is 31.3 Å². The average molecular weight is 610 g/mol. The number of benzene rings is 1. The van der Waals surface area contributed by atoms with Crippen LogP contribution >= 0.6 is 0 Å². The minimum absolute atomic E-state index is 0.0362. The van der Waals surface area contributed by atoms with E-state index in [4.69, 9.17) is 0 Å². The Morgan fingerprint density at radius 1 is 1.13 bits per heavy atom. The Morgan fingerprint density at radius 3 is 2.60 bits per heavy atom. The second-order valence-electron chi connectivity index (χ2n) is 11.7. The number of ketones is 1. The highest BCUT2D eigenvalue weighted by molar-refractivity contribution is 6.19. The maximum absolute atomic E-state index is 13.1. The molecule has 1 fully saturated rings. The van der Waals surface area contributed by atoms with Crippen molar-refractivity contribution in [1.82, 2.24) is 25.5 Å². The van der Waals surface area contributed by atoms with Crippen molar-refractivity contribution in [2.75, 3.05) is 6.54 Å². The van der Waals surface area contributed by atoms with E-state index >= 15 is 0 Å². The summed E-state index contributed by atoms with van der Waals surface area (Å²) in [6.45, 7) is 11.2. The monoisotopic (exact) mass is 609 g/mol. The van der Waals surface area contributed by atoms with Gasteiger partial charge in [-0.1, -0.05) is 43.9 Å². The zero-order valence-corrected chi connectivity index (χ0v) is 26.0. The van der Waals surface area contributed by atoms with Crippen molar-refractivity contribution in [3.05, 3.63) is 105 Å². The van der Waals surface area contributed by atoms with Crippen LogP contribution in [0.4, 0.5) is 0 Å². The largest absolute Gasteiger partial charge is 0.481 e. The molecule has 234 valence electrons. The summed E-state index contributed by atoms with van der Waals surface area (Å²) in [6, 6.07) is 7.26. The van der Waals surface area contributed by atoms with Crippen LogP contribution in [0.3, 0.4) is 0 Å². The minimum atomic E-state index is -0.900. The molecular formula is C35H39N5O5. The molecular weight excluding hydrogens is 570 g/mol. The van der Waals surface area contributed by atoms with Gasteiger partial charge >= 0.3 is 5.97 Å². The summed E-state index contributed by atoms with van der Waals surface area (Å²) in [5, 5.41) is 15.1. The number of aromatic nitrogens is 2. The molecule has 3 aliphatic rings. The number of aliphatic carboxylic acids is 1. The van der Waals surface area contributed by atoms with Crippen molar-refractivity contribution < 1.29 is 24.3 Å². The van der Waals surface area contributed by atoms with E-state index in [1.54, 1.807) is 13.0 Å². The number of nitrogens with one attached hydrogen (secondary N) is 2. The Kier molecular flexibility index (Phi) is 9.41. The third-order valence-corrected chi connectivity index (χ3v) is 8.81. The molecule has 10 heteroatoms. The van der Waals surface area contributed by atoms with Crippen LogP contribution < -0.4 is 10.6 Å². The summed E-state index contributed by atoms with van der Waals surface area (Å²) in [4.78, 5) is 60.3. The highest BCUT2D eigenvalue weighted by Gasteiger charge is 2.35. The predicted octanol–water partition coefficient (Wildman–Crippen LogP) is 4.44. The summed E-state index contributed by atoms with van der Waals surface area (Å²) in [7, 11) is 0. The molecule has 2 heterocycles. The summed E-state index contributed by atoms with van der Waals surface area (Å²) in [6.07, 6.45) is 8.77. The number of carboxylic acid groups (broad SMARTS) is 1. The zero-order chi connectivity index (χ0) is 32.2. The van der Waals surface area contributed by atoms with Crippen molar-refractivity contribution in [1.29, 1.82) is 0 Å². The number of aryl methyl sites for hydroxylation is 1. The van der Waals surface area contributed by atoms with Gasteiger partial charge in [0.25, 0.3) is 11.8 Å². The van der Waals surface area contributed by atoms with Crippen LogP contribution in [-0.2, 0) is 29.1 Å². The number of hydrogen-bond acceptors (Lipinski definition) is 7. The van der Waals surface area contributed by atoms with Crippen molar-refractivity contribution in [3.63, 3.8) is 0 Å². The van der Waals surface area contributed by atoms with Gasteiger partial charge in [-0.25, -0.2) is 9.97 Å². The first kappa shape index (κ1) is 31.6. The molecule has 2 aliphatic carbocycles. The Bertz CT molecular complexity index is 1670. The number of nitrogens with zero attached hydrogens (tertiary/aromatic N) is 3. The number of carboxylic acids is 1. The molecule has 10 nitrogen and oxygen atoms in total. The molecule has 1 aromatic heterocycles. The van der Waals surface area contributed by atoms with Crippen LogP contribution in [0.2, 0.25) is 0 Å². The smallest absolute Gasteiger partial charge is 0.310 e. The highest BCUT2D eigenvalue weighted by atomic mass is 16.4. The first-order valence-corrected chi connectivity index (χ1v) is 15.4. The summed E-state index contributed by atoms with van der Waals surface area (Å²) in [5.74, 6) is -2.36. The number of carbonyl (C=O) groups excluding carboxylic acids is 3. The van der Waals surface area contributed by atoms with E-state index in [-0.39, 0.29) is 29.8 Å². The molecule has 5 rings (SSSR count). The first-order valence-electron chi connectivity index (χ1n) is 15.4. The average Bonchev–Trinajstić information content (AvgIpc) is 3.29. The summed E-state index contributed by atoms with van der Waals surface area (Å²) < 4.78 is 0. The summed E-state index contributed by atoms with van der Waals surface area (Å²) in [5.41, 5.74) is 7.70. The number of carbonyl (C=O) groups is 4. The van der Waals surface area contributed by atoms with Crippen LogP contribution in [0.15, 0.2) is 77.3 Å². The van der Waals surface area contributed by atoms with Crippen molar-refractivity contribution >= 4 is 23.6 Å². The lowest BCUT2D eigenvalue weighted by Gasteiger charge is -2.34. The Hall–Kier alpha value is -4.86. The molecule has 2 atom stereocenters. The molecule has 0 spiro atoms. The van der Waals surface area contributed by atoms with Crippen LogP contribution in [0, 0.1) is 5.92 Å². The minimum Gasteiger partial charge on any atom is -0.481 e. The number of fused-ring (bicyclic) bond motifs is 1. The van der Waals surface area contributed by atoms with Gasteiger partial charge in [0.1, 0.15) is 17.7 Å². The van der Waals surface area contributed by atoms with Gasteiger partial charge in [-0.15, -0.1) is 0 Å². The number of Topliss-reactive ketones (excluding diaryl/α,β-unsaturated/α-hetero) is 1. The molecule has 2 aromatic rings. The Morgan fingerprint density at radius 2 is 1.89 bits per heavy atom. The topological polar surface area (TPSA) is 142 Å². The maximum Gasteiger partial charge on any atom is 0.310 e. The number of allylic oxidation sites excluding steroid dienone is 3. The van der Waals surface area contributed by atoms with Crippen molar-refractivity contribution in [2.45, 2.75) is 72.0 Å². The second-order valence-corrected chi connectivity index (χ2v) is 11.7. The fourth-order valence-corrected chi connectivity index (χ4v) is 6.35. The zero-order valence-electron chi connectivity index (χ0n) is 26.0. The van der Waals surface area contributed by atoms with Gasteiger partial charge in [0.05, 0.1) is 17.7 Å². The van der Waals surface area contributed by atoms with Gasteiger partial charge in [-0.3, -0.25) is 19.2 Å². The molecule has 1 aromatic carbocycles. The van der Waals surface area contributed by atoms with E-state index in [0.29, 0.717) is 25.0 Å². The fourth-order valence-electron chi connectivity index (χ4n) is 6.35. The third-order valence-electron chi connectivity index (χ3n) is 8.81. The lowest BCUT2D eigenvalue weighted by atomic mass is 9.84. The van der Waals surface area contributed by atoms with E-state index < -0.39 is 23.7 Å². The third kappa shape index (κ3) is 6.64. The maximum atomic E-state index is 13.1. The Labute approximate surface area is 263 Å². The molecule has 0 bridgehead atoms. The fraction of sp³-hybridized carbons (Fsp3) is 0.371. The SMILES string of the molecule is C=C1C(=O)C(N2CCCc3ccc(CNC(=O)c4cc(C(=O)NC5CCC(=C/C(C)C(=O)O)/C5=C\C)ncn4)cc3C2)=C1CC. The normalized spacial score (nSPS) is 20.5. The standard InChI is InChI=1S/C35H39N5O5/c1-5-26-21(4)32(41)31(26)40-13-7-8-23-10-9-22(15-25(23)18-40)17-36-33(42)29-16-30(38-19-37-29)34(43)39-28-12-11-24(27(28)6-2)14-20(3)35(44)45/h6,9-10,14-16,19-20,28H,4-5,7-8,11-13,17-18H2,1-3H3,(H,36,42)(H,39,43)(H,44,45)/b24-14-,27-6+. The van der Waals surface area contributed by atoms with Crippen LogP contribution in [-0.4, -0.2) is 56.1 Å². The summed E-state index contributed by atoms with van der Waals surface area (Å²) >= 11 is 0. The van der Waals surface area contributed by atoms with Crippen molar-refractivity contribution in [3.8, 4) is 0 Å². The van der Waals surface area contributed by atoms with Gasteiger partial charge in [0.2, 0.25) is 5.78 Å². The molecule has 0 saturated heterocycles. The van der Waals surface area contributed by atoms with Gasteiger partial charge in [-0.05, 0) is 79.4 Å². The lowest BCUT2D eigenvalue weighted by molar-refractivity contribution is -0.139. The van der Waals surface area contributed by atoms with Gasteiger partial charge < -0.3 is 20.6 Å². The molecule has 1 aliphatic heterocycles. The molecule has 3 N–H and O–H groups in total. The van der Waals surface area contributed by atoms with Crippen molar-refractivity contribution in [2.24, 2.45) is 5.92 Å². The van der Waals surface area contributed by atoms with Crippen LogP contribution in [0.1, 0.15) is 84.1 Å². The number of rotatable bonds is 9. The second kappa shape index (κ2) is 13.4. The van der Waals surface area contributed by atoms with Gasteiger partial charge in [-0.2, -0.15) is 0 Å². The highest BCUT2D eigenvalue weighted by Crippen LogP contribution is 2.36. The van der Waals surface area contributed by atoms with E-state index in [1.165, 1.54) is 18.0 Å². The van der Waals surface area contributed by atoms with E-state index in [1.807, 2.05) is 26.0 Å². The quantitative estimate of drug-likeness (QED) is 0.354. The molecule has 2 unspecified atom stereocenters. The van der Waals surface area contributed by atoms with Crippen LogP contribution in [0.25, 0.3) is 0 Å². The number of hydrogen-bond donors (Lipinski definition) is 3. The molecule has 45 heavy (non-hydrogen) atoms. The van der Waals surface area contributed by atoms with E-state index in [2.05, 4.69) is 44.2 Å². The number of amides is 2. The van der Waals surface area contributed by atoms with Gasteiger partial charge in [0.15, 0.2) is 0 Å². The predicted molar refractivity (Wildman–Crippen MR) is 169 cm³/mol. The first-order chi connectivity index (χ1) is 21.6. The molecule has 0 radical (unpaired) electrons. The Balaban J connectivity index is 1.22.